The van der Waals surface area contributed by atoms with Gasteiger partial charge in [-0.25, -0.2) is 0 Å². The lowest BCUT2D eigenvalue weighted by atomic mass is 9.71. The molecule has 1 heterocycles. The van der Waals surface area contributed by atoms with Crippen LogP contribution in [0.5, 0.6) is 0 Å². The molecule has 3 heteroatoms. The molecule has 2 aliphatic rings. The van der Waals surface area contributed by atoms with Gasteiger partial charge in [0.05, 0.1) is 13.2 Å². The van der Waals surface area contributed by atoms with E-state index in [2.05, 4.69) is 18.7 Å². The molecule has 3 nitrogen and oxygen atoms in total. The summed E-state index contributed by atoms with van der Waals surface area (Å²) < 4.78 is 5.57. The van der Waals surface area contributed by atoms with E-state index >= 15 is 0 Å². The highest BCUT2D eigenvalue weighted by molar-refractivity contribution is 4.89. The van der Waals surface area contributed by atoms with Gasteiger partial charge in [-0.05, 0) is 25.2 Å². The molecule has 1 N–H and O–H groups in total. The smallest absolute Gasteiger partial charge is 0.0622 e. The molecule has 106 valence electrons. The van der Waals surface area contributed by atoms with Crippen LogP contribution < -0.4 is 0 Å². The summed E-state index contributed by atoms with van der Waals surface area (Å²) in [5.74, 6) is 0.844. The number of aliphatic hydroxyl groups is 1. The van der Waals surface area contributed by atoms with E-state index in [0.717, 1.165) is 38.6 Å². The fourth-order valence-corrected chi connectivity index (χ4v) is 3.44. The van der Waals surface area contributed by atoms with Crippen LogP contribution in [0.4, 0.5) is 0 Å². The molecule has 2 fully saturated rings. The molecule has 1 aliphatic carbocycles. The van der Waals surface area contributed by atoms with Crippen molar-refractivity contribution >= 4 is 0 Å². The molecule has 0 bridgehead atoms. The van der Waals surface area contributed by atoms with Gasteiger partial charge < -0.3 is 9.84 Å². The first-order valence-electron chi connectivity index (χ1n) is 7.62. The highest BCUT2D eigenvalue weighted by Crippen LogP contribution is 2.39. The minimum Gasteiger partial charge on any atom is -0.396 e. The molecule has 1 saturated heterocycles. The second-order valence-electron chi connectivity index (χ2n) is 6.45. The highest BCUT2D eigenvalue weighted by Gasteiger charge is 2.37. The van der Waals surface area contributed by atoms with Crippen molar-refractivity contribution in [3.05, 3.63) is 0 Å². The van der Waals surface area contributed by atoms with Crippen molar-refractivity contribution < 1.29 is 9.84 Å². The third-order valence-electron chi connectivity index (χ3n) is 5.03. The Hall–Kier alpha value is -0.120. The van der Waals surface area contributed by atoms with E-state index < -0.39 is 0 Å². The molecule has 0 aromatic carbocycles. The van der Waals surface area contributed by atoms with Crippen LogP contribution in [0.25, 0.3) is 0 Å². The van der Waals surface area contributed by atoms with E-state index in [1.54, 1.807) is 0 Å². The molecule has 0 amide bonds. The topological polar surface area (TPSA) is 32.7 Å². The Morgan fingerprint density at radius 1 is 1.33 bits per heavy atom. The Morgan fingerprint density at radius 2 is 2.06 bits per heavy atom. The van der Waals surface area contributed by atoms with Crippen LogP contribution in [0.15, 0.2) is 0 Å². The average Bonchev–Trinajstić information content (AvgIpc) is 2.42. The molecule has 18 heavy (non-hydrogen) atoms. The number of aliphatic hydroxyl groups excluding tert-OH is 1. The molecule has 1 saturated carbocycles. The van der Waals surface area contributed by atoms with E-state index in [0.29, 0.717) is 12.6 Å². The summed E-state index contributed by atoms with van der Waals surface area (Å²) in [4.78, 5) is 2.57. The van der Waals surface area contributed by atoms with Crippen LogP contribution in [-0.4, -0.2) is 49.0 Å². The maximum atomic E-state index is 9.86. The molecule has 1 aliphatic heterocycles. The van der Waals surface area contributed by atoms with E-state index in [1.807, 2.05) is 0 Å². The SMILES string of the molecule is CCC1COCCN1CC1(CO)CCC(C)CC1. The maximum absolute atomic E-state index is 9.86. The van der Waals surface area contributed by atoms with Gasteiger partial charge in [-0.3, -0.25) is 4.90 Å². The van der Waals surface area contributed by atoms with Gasteiger partial charge in [-0.2, -0.15) is 0 Å². The second kappa shape index (κ2) is 6.36. The van der Waals surface area contributed by atoms with Gasteiger partial charge in [0, 0.05) is 31.2 Å². The summed E-state index contributed by atoms with van der Waals surface area (Å²) in [6, 6.07) is 0.557. The Labute approximate surface area is 112 Å². The molecule has 0 radical (unpaired) electrons. The number of morpholine rings is 1. The van der Waals surface area contributed by atoms with Crippen LogP contribution >= 0.6 is 0 Å². The molecule has 0 spiro atoms. The highest BCUT2D eigenvalue weighted by atomic mass is 16.5. The van der Waals surface area contributed by atoms with Crippen molar-refractivity contribution in [2.75, 3.05) is 32.9 Å². The van der Waals surface area contributed by atoms with Gasteiger partial charge in [0.25, 0.3) is 0 Å². The molecular weight excluding hydrogens is 226 g/mol. The van der Waals surface area contributed by atoms with Crippen LogP contribution in [0.1, 0.15) is 46.0 Å². The quantitative estimate of drug-likeness (QED) is 0.836. The van der Waals surface area contributed by atoms with Crippen molar-refractivity contribution in [3.63, 3.8) is 0 Å². The average molecular weight is 255 g/mol. The molecular formula is C15H29NO2. The van der Waals surface area contributed by atoms with Gasteiger partial charge in [0.15, 0.2) is 0 Å². The lowest BCUT2D eigenvalue weighted by Gasteiger charge is -2.45. The summed E-state index contributed by atoms with van der Waals surface area (Å²) in [5.41, 5.74) is 0.164. The van der Waals surface area contributed by atoms with Gasteiger partial charge >= 0.3 is 0 Å². The zero-order valence-corrected chi connectivity index (χ0v) is 12.0. The van der Waals surface area contributed by atoms with Gasteiger partial charge in [-0.1, -0.05) is 26.7 Å². The normalized spacial score (nSPS) is 38.8. The minimum atomic E-state index is 0.164. The van der Waals surface area contributed by atoms with E-state index in [1.165, 1.54) is 25.7 Å². The maximum Gasteiger partial charge on any atom is 0.0622 e. The number of ether oxygens (including phenoxy) is 1. The molecule has 2 rings (SSSR count). The zero-order chi connectivity index (χ0) is 13.0. The summed E-state index contributed by atoms with van der Waals surface area (Å²) in [6.45, 7) is 8.76. The predicted molar refractivity (Wildman–Crippen MR) is 73.6 cm³/mol. The molecule has 0 aromatic heterocycles. The van der Waals surface area contributed by atoms with E-state index in [9.17, 15) is 5.11 Å². The lowest BCUT2D eigenvalue weighted by Crippen LogP contribution is -2.51. The van der Waals surface area contributed by atoms with Crippen LogP contribution in [-0.2, 0) is 4.74 Å². The lowest BCUT2D eigenvalue weighted by molar-refractivity contribution is -0.0491. The third-order valence-corrected chi connectivity index (χ3v) is 5.03. The summed E-state index contributed by atoms with van der Waals surface area (Å²) in [6.07, 6.45) is 6.10. The molecule has 1 unspecified atom stereocenters. The van der Waals surface area contributed by atoms with E-state index in [-0.39, 0.29) is 5.41 Å². The van der Waals surface area contributed by atoms with Gasteiger partial charge in [0.2, 0.25) is 0 Å². The minimum absolute atomic E-state index is 0.164. The number of rotatable bonds is 4. The Morgan fingerprint density at radius 3 is 2.67 bits per heavy atom. The number of nitrogens with zero attached hydrogens (tertiary/aromatic N) is 1. The van der Waals surface area contributed by atoms with Gasteiger partial charge in [-0.15, -0.1) is 0 Å². The largest absolute Gasteiger partial charge is 0.396 e. The standard InChI is InChI=1S/C15H29NO2/c1-3-14-10-18-9-8-16(14)11-15(12-17)6-4-13(2)5-7-15/h13-14,17H,3-12H2,1-2H3. The number of hydrogen-bond donors (Lipinski definition) is 1. The van der Waals surface area contributed by atoms with Crippen molar-refractivity contribution in [3.8, 4) is 0 Å². The zero-order valence-electron chi connectivity index (χ0n) is 12.0. The fourth-order valence-electron chi connectivity index (χ4n) is 3.44. The fraction of sp³-hybridized carbons (Fsp3) is 1.00. The van der Waals surface area contributed by atoms with Crippen LogP contribution in [0, 0.1) is 11.3 Å². The Bertz CT molecular complexity index is 249. The summed E-state index contributed by atoms with van der Waals surface area (Å²) in [5, 5.41) is 9.86. The first-order valence-corrected chi connectivity index (χ1v) is 7.62. The molecule has 0 aromatic rings. The predicted octanol–water partition coefficient (Wildman–Crippen LogP) is 2.29. The summed E-state index contributed by atoms with van der Waals surface area (Å²) in [7, 11) is 0. The molecule has 1 atom stereocenters. The first kappa shape index (κ1) is 14.3. The van der Waals surface area contributed by atoms with E-state index in [4.69, 9.17) is 4.74 Å². The first-order chi connectivity index (χ1) is 8.69. The van der Waals surface area contributed by atoms with Crippen molar-refractivity contribution in [1.82, 2.24) is 4.90 Å². The van der Waals surface area contributed by atoms with Crippen molar-refractivity contribution in [2.24, 2.45) is 11.3 Å². The third kappa shape index (κ3) is 3.25. The van der Waals surface area contributed by atoms with Crippen LogP contribution in [0.3, 0.4) is 0 Å². The van der Waals surface area contributed by atoms with Crippen molar-refractivity contribution in [1.29, 1.82) is 0 Å². The monoisotopic (exact) mass is 255 g/mol. The second-order valence-corrected chi connectivity index (χ2v) is 6.45. The summed E-state index contributed by atoms with van der Waals surface area (Å²) >= 11 is 0. The Kier molecular flexibility index (Phi) is 5.05. The van der Waals surface area contributed by atoms with Crippen molar-refractivity contribution in [2.45, 2.75) is 52.0 Å². The number of hydrogen-bond acceptors (Lipinski definition) is 3. The van der Waals surface area contributed by atoms with Crippen LogP contribution in [0.2, 0.25) is 0 Å². The Balaban J connectivity index is 1.96. The van der Waals surface area contributed by atoms with Gasteiger partial charge in [0.1, 0.15) is 0 Å².